The van der Waals surface area contributed by atoms with E-state index in [0.717, 1.165) is 19.3 Å². The average molecular weight is 305 g/mol. The Morgan fingerprint density at radius 1 is 1.42 bits per heavy atom. The van der Waals surface area contributed by atoms with E-state index in [-0.39, 0.29) is 34.8 Å². The van der Waals surface area contributed by atoms with Crippen LogP contribution in [0.3, 0.4) is 0 Å². The number of nitrogens with two attached hydrogens (primary N) is 1. The average Bonchev–Trinajstić information content (AvgIpc) is 2.25. The van der Waals surface area contributed by atoms with Crippen molar-refractivity contribution in [2.24, 2.45) is 0 Å². The van der Waals surface area contributed by atoms with Crippen molar-refractivity contribution in [3.63, 3.8) is 0 Å². The van der Waals surface area contributed by atoms with Crippen molar-refractivity contribution in [2.45, 2.75) is 30.2 Å². The van der Waals surface area contributed by atoms with E-state index in [2.05, 4.69) is 0 Å². The van der Waals surface area contributed by atoms with E-state index < -0.39 is 10.0 Å². The SMILES string of the molecule is Nc1cccc(Cl)c1S(=O)(=O)N(CCO)C1CCC1. The van der Waals surface area contributed by atoms with Gasteiger partial charge in [0.2, 0.25) is 10.0 Å². The van der Waals surface area contributed by atoms with Crippen LogP contribution < -0.4 is 5.73 Å². The van der Waals surface area contributed by atoms with Gasteiger partial charge in [0.05, 0.1) is 17.3 Å². The predicted molar refractivity (Wildman–Crippen MR) is 74.5 cm³/mol. The summed E-state index contributed by atoms with van der Waals surface area (Å²) in [6.07, 6.45) is 2.62. The Morgan fingerprint density at radius 3 is 2.58 bits per heavy atom. The fourth-order valence-electron chi connectivity index (χ4n) is 2.19. The standard InChI is InChI=1S/C12H17ClN2O3S/c13-10-5-2-6-11(14)12(10)19(17,18)15(7-8-16)9-3-1-4-9/h2,5-6,9,16H,1,3-4,7-8,14H2. The lowest BCUT2D eigenvalue weighted by atomic mass is 9.93. The molecule has 0 spiro atoms. The van der Waals surface area contributed by atoms with Gasteiger partial charge < -0.3 is 10.8 Å². The molecule has 2 rings (SSSR count). The van der Waals surface area contributed by atoms with E-state index in [1.165, 1.54) is 16.4 Å². The second-order valence-corrected chi connectivity index (χ2v) is 6.82. The van der Waals surface area contributed by atoms with Gasteiger partial charge in [0.25, 0.3) is 0 Å². The zero-order valence-corrected chi connectivity index (χ0v) is 12.0. The third-order valence-electron chi connectivity index (χ3n) is 3.37. The number of hydrogen-bond acceptors (Lipinski definition) is 4. The molecule has 106 valence electrons. The Bertz CT molecular complexity index is 538. The molecule has 0 aliphatic heterocycles. The molecule has 0 radical (unpaired) electrons. The number of halogens is 1. The highest BCUT2D eigenvalue weighted by Crippen LogP contribution is 2.34. The Balaban J connectivity index is 2.44. The van der Waals surface area contributed by atoms with Crippen LogP contribution in [-0.2, 0) is 10.0 Å². The van der Waals surface area contributed by atoms with Crippen molar-refractivity contribution in [1.29, 1.82) is 0 Å². The largest absolute Gasteiger partial charge is 0.398 e. The lowest BCUT2D eigenvalue weighted by Gasteiger charge is -2.36. The maximum absolute atomic E-state index is 12.6. The molecule has 1 saturated carbocycles. The molecule has 1 aromatic rings. The van der Waals surface area contributed by atoms with Crippen molar-refractivity contribution in [3.8, 4) is 0 Å². The molecule has 7 heteroatoms. The first-order valence-corrected chi connectivity index (χ1v) is 7.97. The lowest BCUT2D eigenvalue weighted by molar-refractivity contribution is 0.178. The number of nitrogen functional groups attached to an aromatic ring is 1. The number of benzene rings is 1. The van der Waals surface area contributed by atoms with Gasteiger partial charge in [0.1, 0.15) is 4.90 Å². The fourth-order valence-corrected chi connectivity index (χ4v) is 4.50. The predicted octanol–water partition coefficient (Wildman–Crippen LogP) is 1.46. The molecule has 1 fully saturated rings. The summed E-state index contributed by atoms with van der Waals surface area (Å²) in [6, 6.07) is 4.56. The first kappa shape index (κ1) is 14.6. The van der Waals surface area contributed by atoms with Gasteiger partial charge in [-0.25, -0.2) is 8.42 Å². The quantitative estimate of drug-likeness (QED) is 0.807. The molecule has 0 heterocycles. The summed E-state index contributed by atoms with van der Waals surface area (Å²) in [4.78, 5) is -0.0583. The molecular weight excluding hydrogens is 288 g/mol. The van der Waals surface area contributed by atoms with Crippen LogP contribution >= 0.6 is 11.6 Å². The second-order valence-electron chi connectivity index (χ2n) is 4.58. The molecule has 1 aliphatic carbocycles. The molecule has 0 atom stereocenters. The number of aliphatic hydroxyl groups excluding tert-OH is 1. The number of sulfonamides is 1. The van der Waals surface area contributed by atoms with Crippen molar-refractivity contribution in [3.05, 3.63) is 23.2 Å². The van der Waals surface area contributed by atoms with Crippen LogP contribution in [0.2, 0.25) is 5.02 Å². The Labute approximate surface area is 118 Å². The normalized spacial score (nSPS) is 16.6. The summed E-state index contributed by atoms with van der Waals surface area (Å²) >= 11 is 5.98. The van der Waals surface area contributed by atoms with Gasteiger partial charge in [-0.2, -0.15) is 4.31 Å². The molecule has 1 aromatic carbocycles. The number of hydrogen-bond donors (Lipinski definition) is 2. The van der Waals surface area contributed by atoms with Crippen molar-refractivity contribution in [1.82, 2.24) is 4.31 Å². The monoisotopic (exact) mass is 304 g/mol. The lowest BCUT2D eigenvalue weighted by Crippen LogP contribution is -2.45. The third kappa shape index (κ3) is 2.72. The van der Waals surface area contributed by atoms with E-state index >= 15 is 0 Å². The van der Waals surface area contributed by atoms with E-state index in [9.17, 15) is 8.42 Å². The first-order valence-electron chi connectivity index (χ1n) is 6.15. The highest BCUT2D eigenvalue weighted by atomic mass is 35.5. The first-order chi connectivity index (χ1) is 8.98. The number of anilines is 1. The minimum absolute atomic E-state index is 0.0583. The van der Waals surface area contributed by atoms with Crippen molar-refractivity contribution >= 4 is 27.3 Å². The highest BCUT2D eigenvalue weighted by Gasteiger charge is 2.36. The summed E-state index contributed by atoms with van der Waals surface area (Å²) in [6.45, 7) is -0.155. The molecule has 0 saturated heterocycles. The molecule has 0 amide bonds. The summed E-state index contributed by atoms with van der Waals surface area (Å²) in [5.41, 5.74) is 5.88. The maximum atomic E-state index is 12.6. The van der Waals surface area contributed by atoms with Gasteiger partial charge in [0, 0.05) is 12.6 Å². The molecule has 19 heavy (non-hydrogen) atoms. The molecule has 0 aromatic heterocycles. The van der Waals surface area contributed by atoms with Crippen LogP contribution in [0.5, 0.6) is 0 Å². The molecule has 0 bridgehead atoms. The third-order valence-corrected chi connectivity index (χ3v) is 5.86. The maximum Gasteiger partial charge on any atom is 0.246 e. The van der Waals surface area contributed by atoms with Crippen LogP contribution in [0.1, 0.15) is 19.3 Å². The molecule has 5 nitrogen and oxygen atoms in total. The summed E-state index contributed by atoms with van der Waals surface area (Å²) in [5.74, 6) is 0. The van der Waals surface area contributed by atoms with E-state index in [1.807, 2.05) is 0 Å². The number of nitrogens with zero attached hydrogens (tertiary/aromatic N) is 1. The second kappa shape index (κ2) is 5.66. The van der Waals surface area contributed by atoms with Gasteiger partial charge in [0.15, 0.2) is 0 Å². The minimum atomic E-state index is -3.77. The van der Waals surface area contributed by atoms with Crippen LogP contribution in [0.4, 0.5) is 5.69 Å². The van der Waals surface area contributed by atoms with Crippen LogP contribution in [0.15, 0.2) is 23.1 Å². The van der Waals surface area contributed by atoms with Gasteiger partial charge in [-0.15, -0.1) is 0 Å². The van der Waals surface area contributed by atoms with Gasteiger partial charge in [-0.3, -0.25) is 0 Å². The molecular formula is C12H17ClN2O3S. The van der Waals surface area contributed by atoms with Crippen molar-refractivity contribution < 1.29 is 13.5 Å². The van der Waals surface area contributed by atoms with Crippen LogP contribution in [0.25, 0.3) is 0 Å². The van der Waals surface area contributed by atoms with E-state index in [0.29, 0.717) is 0 Å². The smallest absolute Gasteiger partial charge is 0.246 e. The zero-order valence-electron chi connectivity index (χ0n) is 10.4. The summed E-state index contributed by atoms with van der Waals surface area (Å²) in [5, 5.41) is 9.20. The topological polar surface area (TPSA) is 83.6 Å². The van der Waals surface area contributed by atoms with E-state index in [4.69, 9.17) is 22.4 Å². The Morgan fingerprint density at radius 2 is 2.11 bits per heavy atom. The van der Waals surface area contributed by atoms with Crippen LogP contribution in [-0.4, -0.2) is 37.0 Å². The Hall–Kier alpha value is -0.820. The highest BCUT2D eigenvalue weighted by molar-refractivity contribution is 7.89. The molecule has 0 unspecified atom stereocenters. The van der Waals surface area contributed by atoms with Gasteiger partial charge in [-0.1, -0.05) is 24.1 Å². The molecule has 3 N–H and O–H groups in total. The number of rotatable bonds is 5. The van der Waals surface area contributed by atoms with Crippen molar-refractivity contribution in [2.75, 3.05) is 18.9 Å². The minimum Gasteiger partial charge on any atom is -0.398 e. The Kier molecular flexibility index (Phi) is 4.35. The van der Waals surface area contributed by atoms with E-state index in [1.54, 1.807) is 6.07 Å². The summed E-state index contributed by atoms with van der Waals surface area (Å²) in [7, 11) is -3.77. The van der Waals surface area contributed by atoms with Gasteiger partial charge in [-0.05, 0) is 25.0 Å². The van der Waals surface area contributed by atoms with Crippen LogP contribution in [0, 0.1) is 0 Å². The fraction of sp³-hybridized carbons (Fsp3) is 0.500. The molecule has 1 aliphatic rings. The summed E-state index contributed by atoms with van der Waals surface area (Å²) < 4.78 is 26.6. The zero-order chi connectivity index (χ0) is 14.0. The van der Waals surface area contributed by atoms with Gasteiger partial charge >= 0.3 is 0 Å². The number of aliphatic hydroxyl groups is 1.